The molecule has 0 bridgehead atoms. The molecule has 0 spiro atoms. The molecular formula is C19H22N4O2S. The molecule has 1 amide bonds. The summed E-state index contributed by atoms with van der Waals surface area (Å²) in [6, 6.07) is 11.9. The van der Waals surface area contributed by atoms with Crippen molar-refractivity contribution in [3.05, 3.63) is 48.4 Å². The minimum absolute atomic E-state index is 0.136. The molecule has 1 N–H and O–H groups in total. The molecule has 0 unspecified atom stereocenters. The number of imidazole rings is 1. The summed E-state index contributed by atoms with van der Waals surface area (Å²) >= 11 is 1.42. The Morgan fingerprint density at radius 2 is 2.08 bits per heavy atom. The van der Waals surface area contributed by atoms with Crippen LogP contribution in [0.4, 0.5) is 5.82 Å². The van der Waals surface area contributed by atoms with Crippen molar-refractivity contribution in [3.63, 3.8) is 0 Å². The van der Waals surface area contributed by atoms with Crippen LogP contribution in [0.2, 0.25) is 0 Å². The molecule has 0 atom stereocenters. The van der Waals surface area contributed by atoms with E-state index in [1.165, 1.54) is 11.8 Å². The number of nitrogens with one attached hydrogen (secondary N) is 1. The minimum Gasteiger partial charge on any atom is -0.360 e. The van der Waals surface area contributed by atoms with E-state index in [1.807, 2.05) is 24.4 Å². The maximum absolute atomic E-state index is 12.2. The van der Waals surface area contributed by atoms with Crippen LogP contribution in [-0.4, -0.2) is 26.4 Å². The van der Waals surface area contributed by atoms with Crippen LogP contribution in [0.3, 0.4) is 0 Å². The Morgan fingerprint density at radius 1 is 1.31 bits per heavy atom. The third kappa shape index (κ3) is 4.54. The lowest BCUT2D eigenvalue weighted by Crippen LogP contribution is -2.15. The topological polar surface area (TPSA) is 73.0 Å². The largest absolute Gasteiger partial charge is 0.360 e. The standard InChI is InChI=1S/C19H22N4O2S/c1-13(2)11-23-16(15-7-5-4-6-8-15)10-20-19(23)26-12-18(24)21-17-9-14(3)25-22-17/h4-10,13H,11-12H2,1-3H3,(H,21,22,24). The lowest BCUT2D eigenvalue weighted by Gasteiger charge is -2.14. The second-order valence-electron chi connectivity index (χ2n) is 6.46. The molecule has 2 heterocycles. The van der Waals surface area contributed by atoms with Crippen LogP contribution in [0.1, 0.15) is 19.6 Å². The van der Waals surface area contributed by atoms with Crippen molar-refractivity contribution in [2.75, 3.05) is 11.1 Å². The number of hydrogen-bond donors (Lipinski definition) is 1. The summed E-state index contributed by atoms with van der Waals surface area (Å²) in [7, 11) is 0. The number of aromatic nitrogens is 3. The molecule has 2 aromatic heterocycles. The van der Waals surface area contributed by atoms with Crippen LogP contribution >= 0.6 is 11.8 Å². The number of hydrogen-bond acceptors (Lipinski definition) is 5. The Morgan fingerprint density at radius 3 is 2.73 bits per heavy atom. The van der Waals surface area contributed by atoms with Crippen LogP contribution in [0.15, 0.2) is 52.3 Å². The van der Waals surface area contributed by atoms with E-state index in [-0.39, 0.29) is 11.7 Å². The zero-order valence-corrected chi connectivity index (χ0v) is 15.9. The predicted molar refractivity (Wildman–Crippen MR) is 103 cm³/mol. The maximum atomic E-state index is 12.2. The van der Waals surface area contributed by atoms with E-state index in [0.29, 0.717) is 17.5 Å². The van der Waals surface area contributed by atoms with Gasteiger partial charge >= 0.3 is 0 Å². The average Bonchev–Trinajstić information content (AvgIpc) is 3.19. The first-order chi connectivity index (χ1) is 12.5. The minimum atomic E-state index is -0.136. The van der Waals surface area contributed by atoms with Gasteiger partial charge in [-0.05, 0) is 18.4 Å². The first-order valence-corrected chi connectivity index (χ1v) is 9.48. The Hall–Kier alpha value is -2.54. The third-order valence-electron chi connectivity index (χ3n) is 3.66. The number of anilines is 1. The van der Waals surface area contributed by atoms with E-state index in [0.717, 1.165) is 23.0 Å². The molecule has 0 aliphatic rings. The van der Waals surface area contributed by atoms with Gasteiger partial charge in [0.1, 0.15) is 5.76 Å². The van der Waals surface area contributed by atoms with Crippen molar-refractivity contribution in [1.29, 1.82) is 0 Å². The summed E-state index contributed by atoms with van der Waals surface area (Å²) in [6.45, 7) is 6.97. The molecule has 26 heavy (non-hydrogen) atoms. The maximum Gasteiger partial charge on any atom is 0.236 e. The highest BCUT2D eigenvalue weighted by Gasteiger charge is 2.15. The van der Waals surface area contributed by atoms with Gasteiger partial charge in [0.2, 0.25) is 5.91 Å². The van der Waals surface area contributed by atoms with Crippen molar-refractivity contribution in [3.8, 4) is 11.3 Å². The zero-order chi connectivity index (χ0) is 18.5. The Labute approximate surface area is 157 Å². The van der Waals surface area contributed by atoms with Crippen molar-refractivity contribution >= 4 is 23.5 Å². The second kappa shape index (κ2) is 8.23. The van der Waals surface area contributed by atoms with Gasteiger partial charge in [0, 0.05) is 12.6 Å². The first kappa shape index (κ1) is 18.3. The Kier molecular flexibility index (Phi) is 5.78. The lowest BCUT2D eigenvalue weighted by molar-refractivity contribution is -0.113. The number of benzene rings is 1. The molecule has 3 aromatic rings. The molecule has 0 aliphatic carbocycles. The van der Waals surface area contributed by atoms with Crippen molar-refractivity contribution in [2.24, 2.45) is 5.92 Å². The molecule has 0 saturated carbocycles. The number of amides is 1. The molecule has 136 valence electrons. The van der Waals surface area contributed by atoms with E-state index in [1.54, 1.807) is 13.0 Å². The predicted octanol–water partition coefficient (Wildman–Crippen LogP) is 4.23. The molecule has 3 rings (SSSR count). The van der Waals surface area contributed by atoms with E-state index >= 15 is 0 Å². The summed E-state index contributed by atoms with van der Waals surface area (Å²) in [5, 5.41) is 7.34. The fourth-order valence-corrected chi connectivity index (χ4v) is 3.38. The second-order valence-corrected chi connectivity index (χ2v) is 7.40. The van der Waals surface area contributed by atoms with Gasteiger partial charge < -0.3 is 14.4 Å². The third-order valence-corrected chi connectivity index (χ3v) is 4.65. The van der Waals surface area contributed by atoms with E-state index in [4.69, 9.17) is 4.52 Å². The van der Waals surface area contributed by atoms with Gasteiger partial charge in [0.05, 0.1) is 17.6 Å². The number of carbonyl (C=O) groups is 1. The van der Waals surface area contributed by atoms with Gasteiger partial charge in [-0.25, -0.2) is 4.98 Å². The van der Waals surface area contributed by atoms with Gasteiger partial charge in [-0.1, -0.05) is 61.1 Å². The van der Waals surface area contributed by atoms with E-state index in [2.05, 4.69) is 46.0 Å². The number of nitrogens with zero attached hydrogens (tertiary/aromatic N) is 3. The van der Waals surface area contributed by atoms with E-state index in [9.17, 15) is 4.79 Å². The van der Waals surface area contributed by atoms with Gasteiger partial charge in [-0.2, -0.15) is 0 Å². The smallest absolute Gasteiger partial charge is 0.236 e. The molecule has 0 aliphatic heterocycles. The summed E-state index contributed by atoms with van der Waals surface area (Å²) in [4.78, 5) is 16.7. The molecule has 1 aromatic carbocycles. The highest BCUT2D eigenvalue weighted by Crippen LogP contribution is 2.27. The summed E-state index contributed by atoms with van der Waals surface area (Å²) in [6.07, 6.45) is 1.87. The number of aryl methyl sites for hydroxylation is 1. The SMILES string of the molecule is Cc1cc(NC(=O)CSc2ncc(-c3ccccc3)n2CC(C)C)no1. The van der Waals surface area contributed by atoms with Gasteiger partial charge in [-0.3, -0.25) is 4.79 Å². The quantitative estimate of drug-likeness (QED) is 0.630. The van der Waals surface area contributed by atoms with Crippen LogP contribution in [0.5, 0.6) is 0 Å². The fraction of sp³-hybridized carbons (Fsp3) is 0.316. The molecule has 0 saturated heterocycles. The number of thioether (sulfide) groups is 1. The van der Waals surface area contributed by atoms with Crippen LogP contribution in [-0.2, 0) is 11.3 Å². The lowest BCUT2D eigenvalue weighted by atomic mass is 10.1. The fourth-order valence-electron chi connectivity index (χ4n) is 2.59. The summed E-state index contributed by atoms with van der Waals surface area (Å²) in [5.41, 5.74) is 2.18. The first-order valence-electron chi connectivity index (χ1n) is 8.50. The van der Waals surface area contributed by atoms with Crippen LogP contribution in [0.25, 0.3) is 11.3 Å². The average molecular weight is 370 g/mol. The van der Waals surface area contributed by atoms with Gasteiger partial charge in [0.15, 0.2) is 11.0 Å². The van der Waals surface area contributed by atoms with Crippen LogP contribution in [0, 0.1) is 12.8 Å². The van der Waals surface area contributed by atoms with E-state index < -0.39 is 0 Å². The van der Waals surface area contributed by atoms with Gasteiger partial charge in [-0.15, -0.1) is 0 Å². The number of carbonyl (C=O) groups excluding carboxylic acids is 1. The normalized spacial score (nSPS) is 11.1. The summed E-state index contributed by atoms with van der Waals surface area (Å²) in [5.74, 6) is 1.69. The van der Waals surface area contributed by atoms with Crippen molar-refractivity contribution in [2.45, 2.75) is 32.5 Å². The van der Waals surface area contributed by atoms with Gasteiger partial charge in [0.25, 0.3) is 0 Å². The number of rotatable bonds is 7. The zero-order valence-electron chi connectivity index (χ0n) is 15.1. The Balaban J connectivity index is 1.72. The highest BCUT2D eigenvalue weighted by atomic mass is 32.2. The molecule has 0 fully saturated rings. The Bertz CT molecular complexity index is 871. The molecular weight excluding hydrogens is 348 g/mol. The van der Waals surface area contributed by atoms with Crippen LogP contribution < -0.4 is 5.32 Å². The van der Waals surface area contributed by atoms with Crippen molar-refractivity contribution < 1.29 is 9.32 Å². The highest BCUT2D eigenvalue weighted by molar-refractivity contribution is 7.99. The molecule has 6 nitrogen and oxygen atoms in total. The molecule has 0 radical (unpaired) electrons. The van der Waals surface area contributed by atoms with Crippen molar-refractivity contribution in [1.82, 2.24) is 14.7 Å². The molecule has 7 heteroatoms. The summed E-state index contributed by atoms with van der Waals surface area (Å²) < 4.78 is 7.13. The monoisotopic (exact) mass is 370 g/mol.